The summed E-state index contributed by atoms with van der Waals surface area (Å²) in [5.41, 5.74) is 5.36. The number of benzene rings is 4. The molecule has 174 valence electrons. The van der Waals surface area contributed by atoms with Crippen molar-refractivity contribution in [2.45, 2.75) is 25.3 Å². The number of hydrogen-bond acceptors (Lipinski definition) is 4. The van der Waals surface area contributed by atoms with E-state index in [1.807, 2.05) is 60.7 Å². The van der Waals surface area contributed by atoms with E-state index in [0.29, 0.717) is 11.6 Å². The Balaban J connectivity index is 1.29. The number of halogens is 2. The Kier molecular flexibility index (Phi) is 5.96. The predicted molar refractivity (Wildman–Crippen MR) is 142 cm³/mol. The van der Waals surface area contributed by atoms with Crippen LogP contribution in [0, 0.1) is 0 Å². The van der Waals surface area contributed by atoms with Crippen LogP contribution in [0.15, 0.2) is 107 Å². The van der Waals surface area contributed by atoms with Crippen LogP contribution < -0.4 is 9.47 Å². The maximum atomic E-state index is 6.47. The molecule has 6 rings (SSSR count). The summed E-state index contributed by atoms with van der Waals surface area (Å²) in [5, 5.41) is 7.79. The molecule has 0 spiro atoms. The van der Waals surface area contributed by atoms with Gasteiger partial charge >= 0.3 is 0 Å². The van der Waals surface area contributed by atoms with E-state index in [-0.39, 0.29) is 12.3 Å². The molecule has 0 N–H and O–H groups in total. The lowest BCUT2D eigenvalue weighted by atomic mass is 9.96. The lowest BCUT2D eigenvalue weighted by molar-refractivity contribution is -0.0190. The molecule has 2 atom stereocenters. The molecule has 4 aromatic rings. The predicted octanol–water partition coefficient (Wildman–Crippen LogP) is 7.92. The maximum Gasteiger partial charge on any atom is 0.213 e. The van der Waals surface area contributed by atoms with E-state index in [4.69, 9.17) is 26.2 Å². The molecule has 0 bridgehead atoms. The molecule has 0 radical (unpaired) electrons. The number of rotatable bonds is 5. The first-order valence-electron chi connectivity index (χ1n) is 11.5. The fraction of sp³-hybridized carbons (Fsp3) is 0.138. The van der Waals surface area contributed by atoms with Crippen LogP contribution in [-0.4, -0.2) is 10.7 Å². The van der Waals surface area contributed by atoms with Crippen molar-refractivity contribution in [3.8, 4) is 11.5 Å². The Morgan fingerprint density at radius 1 is 0.943 bits per heavy atom. The quantitative estimate of drug-likeness (QED) is 0.255. The molecule has 4 nitrogen and oxygen atoms in total. The maximum absolute atomic E-state index is 6.47. The minimum Gasteiger partial charge on any atom is -0.489 e. The first-order chi connectivity index (χ1) is 17.1. The van der Waals surface area contributed by atoms with Crippen molar-refractivity contribution in [2.75, 3.05) is 0 Å². The van der Waals surface area contributed by atoms with Crippen molar-refractivity contribution in [1.29, 1.82) is 0 Å². The Labute approximate surface area is 217 Å². The second kappa shape index (κ2) is 9.40. The van der Waals surface area contributed by atoms with Crippen molar-refractivity contribution in [2.24, 2.45) is 5.10 Å². The molecule has 6 heteroatoms. The van der Waals surface area contributed by atoms with Gasteiger partial charge in [0.2, 0.25) is 6.23 Å². The number of nitrogens with zero attached hydrogens (tertiary/aromatic N) is 2. The summed E-state index contributed by atoms with van der Waals surface area (Å²) in [4.78, 5) is 0. The van der Waals surface area contributed by atoms with Gasteiger partial charge in [-0.15, -0.1) is 0 Å². The minimum atomic E-state index is -0.343. The average Bonchev–Trinajstić information content (AvgIpc) is 3.34. The zero-order valence-electron chi connectivity index (χ0n) is 18.8. The molecule has 0 unspecified atom stereocenters. The van der Waals surface area contributed by atoms with E-state index < -0.39 is 0 Å². The van der Waals surface area contributed by atoms with E-state index in [0.717, 1.165) is 50.4 Å². The first kappa shape index (κ1) is 22.2. The van der Waals surface area contributed by atoms with Gasteiger partial charge in [-0.05, 0) is 65.7 Å². The van der Waals surface area contributed by atoms with Gasteiger partial charge in [-0.2, -0.15) is 5.10 Å². The molecule has 0 amide bonds. The summed E-state index contributed by atoms with van der Waals surface area (Å²) in [7, 11) is 0. The molecule has 2 aliphatic rings. The fourth-order valence-corrected chi connectivity index (χ4v) is 5.01. The molecule has 0 saturated heterocycles. The van der Waals surface area contributed by atoms with Gasteiger partial charge in [0.1, 0.15) is 18.1 Å². The lowest BCUT2D eigenvalue weighted by Crippen LogP contribution is -2.33. The van der Waals surface area contributed by atoms with Gasteiger partial charge in [-0.1, -0.05) is 70.0 Å². The van der Waals surface area contributed by atoms with Crippen molar-refractivity contribution in [3.63, 3.8) is 0 Å². The van der Waals surface area contributed by atoms with Gasteiger partial charge in [-0.25, -0.2) is 5.01 Å². The minimum absolute atomic E-state index is 0.0510. The third-order valence-electron chi connectivity index (χ3n) is 6.34. The summed E-state index contributed by atoms with van der Waals surface area (Å²) in [6.07, 6.45) is 0.442. The molecule has 4 aromatic carbocycles. The fourth-order valence-electron chi connectivity index (χ4n) is 4.56. The Morgan fingerprint density at radius 2 is 1.71 bits per heavy atom. The second-order valence-electron chi connectivity index (χ2n) is 8.65. The van der Waals surface area contributed by atoms with Gasteiger partial charge in [0.05, 0.1) is 11.8 Å². The molecule has 0 saturated carbocycles. The largest absolute Gasteiger partial charge is 0.489 e. The Morgan fingerprint density at radius 3 is 2.49 bits per heavy atom. The zero-order chi connectivity index (χ0) is 23.8. The van der Waals surface area contributed by atoms with Crippen LogP contribution in [-0.2, 0) is 6.61 Å². The van der Waals surface area contributed by atoms with Crippen molar-refractivity contribution in [3.05, 3.63) is 129 Å². The molecule has 35 heavy (non-hydrogen) atoms. The standard InChI is InChI=1S/C29H22BrClN2O2/c30-22-10-6-20(7-11-22)26-17-27-25-16-23(31)12-15-28(25)35-29(33(27)32-26)21-8-13-24(14-9-21)34-18-19-4-2-1-3-5-19/h1-16,27,29H,17-18H2/t27-,29+/m1/s1. The number of hydrogen-bond donors (Lipinski definition) is 0. The first-order valence-corrected chi connectivity index (χ1v) is 12.7. The lowest BCUT2D eigenvalue weighted by Gasteiger charge is -2.38. The summed E-state index contributed by atoms with van der Waals surface area (Å²) in [6, 6.07) is 32.4. The highest BCUT2D eigenvalue weighted by atomic mass is 79.9. The van der Waals surface area contributed by atoms with E-state index in [9.17, 15) is 0 Å². The van der Waals surface area contributed by atoms with Crippen LogP contribution in [0.3, 0.4) is 0 Å². The third-order valence-corrected chi connectivity index (χ3v) is 7.11. The molecule has 0 aliphatic carbocycles. The second-order valence-corrected chi connectivity index (χ2v) is 10.0. The van der Waals surface area contributed by atoms with Gasteiger partial charge in [0.25, 0.3) is 0 Å². The van der Waals surface area contributed by atoms with Crippen LogP contribution >= 0.6 is 27.5 Å². The van der Waals surface area contributed by atoms with Gasteiger partial charge in [0, 0.05) is 27.0 Å². The highest BCUT2D eigenvalue weighted by Crippen LogP contribution is 2.48. The van der Waals surface area contributed by atoms with E-state index >= 15 is 0 Å². The third kappa shape index (κ3) is 4.54. The average molecular weight is 546 g/mol. The topological polar surface area (TPSA) is 34.1 Å². The van der Waals surface area contributed by atoms with Crippen molar-refractivity contribution < 1.29 is 9.47 Å². The van der Waals surface area contributed by atoms with Crippen molar-refractivity contribution in [1.82, 2.24) is 5.01 Å². The van der Waals surface area contributed by atoms with E-state index in [2.05, 4.69) is 57.3 Å². The summed E-state index contributed by atoms with van der Waals surface area (Å²) >= 11 is 9.87. The molecule has 2 aliphatic heterocycles. The van der Waals surface area contributed by atoms with Gasteiger partial charge in [0.15, 0.2) is 0 Å². The number of hydrazone groups is 1. The zero-order valence-corrected chi connectivity index (χ0v) is 21.1. The van der Waals surface area contributed by atoms with Crippen LogP contribution in [0.2, 0.25) is 5.02 Å². The SMILES string of the molecule is Clc1ccc2c(c1)[C@H]1CC(c3ccc(Br)cc3)=NN1[C@H](c1ccc(OCc3ccccc3)cc1)O2. The highest BCUT2D eigenvalue weighted by Gasteiger charge is 2.41. The van der Waals surface area contributed by atoms with Crippen LogP contribution in [0.25, 0.3) is 0 Å². The van der Waals surface area contributed by atoms with Crippen LogP contribution in [0.5, 0.6) is 11.5 Å². The highest BCUT2D eigenvalue weighted by molar-refractivity contribution is 9.10. The van der Waals surface area contributed by atoms with Crippen LogP contribution in [0.4, 0.5) is 0 Å². The summed E-state index contributed by atoms with van der Waals surface area (Å²) in [6.45, 7) is 0.531. The van der Waals surface area contributed by atoms with Crippen LogP contribution in [0.1, 0.15) is 40.9 Å². The summed E-state index contributed by atoms with van der Waals surface area (Å²) < 4.78 is 13.5. The smallest absolute Gasteiger partial charge is 0.213 e. The number of ether oxygens (including phenoxy) is 2. The van der Waals surface area contributed by atoms with Crippen molar-refractivity contribution >= 4 is 33.2 Å². The van der Waals surface area contributed by atoms with E-state index in [1.54, 1.807) is 0 Å². The Hall–Kier alpha value is -3.28. The molecular formula is C29H22BrClN2O2. The van der Waals surface area contributed by atoms with Gasteiger partial charge < -0.3 is 9.47 Å². The molecule has 2 heterocycles. The van der Waals surface area contributed by atoms with E-state index in [1.165, 1.54) is 0 Å². The molecular weight excluding hydrogens is 524 g/mol. The number of fused-ring (bicyclic) bond motifs is 3. The van der Waals surface area contributed by atoms with Gasteiger partial charge in [-0.3, -0.25) is 0 Å². The Bertz CT molecular complexity index is 1370. The molecule has 0 fully saturated rings. The summed E-state index contributed by atoms with van der Waals surface area (Å²) in [5.74, 6) is 1.66. The normalized spacial score (nSPS) is 18.3. The monoisotopic (exact) mass is 544 g/mol. The molecule has 0 aromatic heterocycles.